The number of methoxy groups -OCH3 is 2. The van der Waals surface area contributed by atoms with Gasteiger partial charge in [0.15, 0.2) is 0 Å². The third kappa shape index (κ3) is 3.32. The smallest absolute Gasteiger partial charge is 0.344 e. The van der Waals surface area contributed by atoms with Crippen molar-refractivity contribution in [3.63, 3.8) is 0 Å². The maximum Gasteiger partial charge on any atom is 0.344 e. The van der Waals surface area contributed by atoms with Crippen molar-refractivity contribution in [3.05, 3.63) is 70.6 Å². The van der Waals surface area contributed by atoms with E-state index in [9.17, 15) is 9.90 Å². The van der Waals surface area contributed by atoms with E-state index in [1.54, 1.807) is 44.6 Å². The second-order valence-corrected chi connectivity index (χ2v) is 6.29. The van der Waals surface area contributed by atoms with Crippen molar-refractivity contribution in [1.29, 1.82) is 0 Å². The van der Waals surface area contributed by atoms with Crippen LogP contribution in [0.25, 0.3) is 21.7 Å². The first-order valence-electron chi connectivity index (χ1n) is 8.62. The average molecular weight is 378 g/mol. The molecule has 3 aromatic carbocycles. The highest BCUT2D eigenvalue weighted by molar-refractivity contribution is 6.04. The SMILES string of the molecule is COc1cc(COc2ccc3c(c2)c(=O)oc2cc(O)ccc23)cc(OC)c1. The lowest BCUT2D eigenvalue weighted by Gasteiger charge is -2.11. The van der Waals surface area contributed by atoms with Gasteiger partial charge >= 0.3 is 5.63 Å². The fraction of sp³-hybridized carbons (Fsp3) is 0.136. The molecule has 0 saturated carbocycles. The molecule has 0 fully saturated rings. The Labute approximate surface area is 160 Å². The second-order valence-electron chi connectivity index (χ2n) is 6.29. The lowest BCUT2D eigenvalue weighted by atomic mass is 10.1. The van der Waals surface area contributed by atoms with Gasteiger partial charge in [-0.1, -0.05) is 0 Å². The number of ether oxygens (including phenoxy) is 3. The summed E-state index contributed by atoms with van der Waals surface area (Å²) < 4.78 is 21.7. The van der Waals surface area contributed by atoms with Crippen molar-refractivity contribution < 1.29 is 23.7 Å². The molecule has 6 nitrogen and oxygen atoms in total. The molecule has 4 aromatic rings. The van der Waals surface area contributed by atoms with Crippen LogP contribution in [0.5, 0.6) is 23.0 Å². The van der Waals surface area contributed by atoms with Gasteiger partial charge in [-0.25, -0.2) is 4.79 Å². The summed E-state index contributed by atoms with van der Waals surface area (Å²) in [4.78, 5) is 12.4. The van der Waals surface area contributed by atoms with Gasteiger partial charge in [-0.3, -0.25) is 0 Å². The molecule has 0 aliphatic heterocycles. The standard InChI is InChI=1S/C22H18O6/c1-25-16-7-13(8-17(10-16)26-2)12-27-15-4-6-18-19-5-3-14(23)9-21(19)28-22(24)20(18)11-15/h3-11,23H,12H2,1-2H3. The van der Waals surface area contributed by atoms with Crippen molar-refractivity contribution in [1.82, 2.24) is 0 Å². The van der Waals surface area contributed by atoms with Crippen LogP contribution in [0.1, 0.15) is 5.56 Å². The highest BCUT2D eigenvalue weighted by Crippen LogP contribution is 2.29. The Bertz CT molecular complexity index is 1200. The Morgan fingerprint density at radius 2 is 1.54 bits per heavy atom. The third-order valence-electron chi connectivity index (χ3n) is 4.49. The maximum absolute atomic E-state index is 12.4. The van der Waals surface area contributed by atoms with Crippen LogP contribution < -0.4 is 19.8 Å². The Hall–Kier alpha value is -3.67. The number of hydrogen-bond donors (Lipinski definition) is 1. The molecule has 0 bridgehead atoms. The van der Waals surface area contributed by atoms with Gasteiger partial charge < -0.3 is 23.7 Å². The quantitative estimate of drug-likeness (QED) is 0.413. The molecular formula is C22H18O6. The number of rotatable bonds is 5. The van der Waals surface area contributed by atoms with Crippen LogP contribution in [0.2, 0.25) is 0 Å². The maximum atomic E-state index is 12.4. The summed E-state index contributed by atoms with van der Waals surface area (Å²) in [6.07, 6.45) is 0. The van der Waals surface area contributed by atoms with Crippen LogP contribution in [0.3, 0.4) is 0 Å². The van der Waals surface area contributed by atoms with Crippen molar-refractivity contribution in [2.45, 2.75) is 6.61 Å². The van der Waals surface area contributed by atoms with E-state index in [0.29, 0.717) is 28.2 Å². The molecule has 0 aliphatic rings. The number of benzene rings is 3. The topological polar surface area (TPSA) is 78.1 Å². The van der Waals surface area contributed by atoms with Crippen LogP contribution in [-0.2, 0) is 6.61 Å². The van der Waals surface area contributed by atoms with E-state index in [2.05, 4.69) is 0 Å². The number of hydrogen-bond acceptors (Lipinski definition) is 6. The van der Waals surface area contributed by atoms with Crippen LogP contribution in [0.4, 0.5) is 0 Å². The zero-order chi connectivity index (χ0) is 19.7. The molecule has 28 heavy (non-hydrogen) atoms. The number of phenolic OH excluding ortho intramolecular Hbond substituents is 1. The molecule has 0 atom stereocenters. The van der Waals surface area contributed by atoms with E-state index < -0.39 is 5.63 Å². The fourth-order valence-electron chi connectivity index (χ4n) is 3.11. The van der Waals surface area contributed by atoms with E-state index >= 15 is 0 Å². The second kappa shape index (κ2) is 7.15. The van der Waals surface area contributed by atoms with E-state index in [0.717, 1.165) is 16.3 Å². The molecular weight excluding hydrogens is 360 g/mol. The molecule has 1 heterocycles. The van der Waals surface area contributed by atoms with Gasteiger partial charge in [0.25, 0.3) is 0 Å². The molecule has 4 rings (SSSR count). The van der Waals surface area contributed by atoms with Crippen LogP contribution in [0, 0.1) is 0 Å². The first-order valence-corrected chi connectivity index (χ1v) is 8.62. The summed E-state index contributed by atoms with van der Waals surface area (Å²) in [5.41, 5.74) is 0.730. The highest BCUT2D eigenvalue weighted by Gasteiger charge is 2.10. The molecule has 142 valence electrons. The molecule has 0 aliphatic carbocycles. The van der Waals surface area contributed by atoms with Crippen molar-refractivity contribution in [2.75, 3.05) is 14.2 Å². The van der Waals surface area contributed by atoms with Gasteiger partial charge in [0.05, 0.1) is 19.6 Å². The summed E-state index contributed by atoms with van der Waals surface area (Å²) >= 11 is 0. The minimum Gasteiger partial charge on any atom is -0.508 e. The normalized spacial score (nSPS) is 10.9. The Balaban J connectivity index is 1.67. The lowest BCUT2D eigenvalue weighted by molar-refractivity contribution is 0.304. The van der Waals surface area contributed by atoms with Gasteiger partial charge in [0.1, 0.15) is 35.2 Å². The molecule has 1 N–H and O–H groups in total. The molecule has 6 heteroatoms. The minimum atomic E-state index is -0.485. The first kappa shape index (κ1) is 17.7. The monoisotopic (exact) mass is 378 g/mol. The van der Waals surface area contributed by atoms with E-state index in [-0.39, 0.29) is 12.4 Å². The summed E-state index contributed by atoms with van der Waals surface area (Å²) in [5, 5.41) is 11.5. The highest BCUT2D eigenvalue weighted by atomic mass is 16.5. The third-order valence-corrected chi connectivity index (χ3v) is 4.49. The van der Waals surface area contributed by atoms with E-state index in [4.69, 9.17) is 18.6 Å². The first-order chi connectivity index (χ1) is 13.6. The predicted octanol–water partition coefficient (Wildman–Crippen LogP) is 4.25. The summed E-state index contributed by atoms with van der Waals surface area (Å²) in [7, 11) is 3.18. The Morgan fingerprint density at radius 1 is 0.821 bits per heavy atom. The summed E-state index contributed by atoms with van der Waals surface area (Å²) in [6, 6.07) is 15.5. The molecule has 0 amide bonds. The average Bonchev–Trinajstić information content (AvgIpc) is 2.71. The Morgan fingerprint density at radius 3 is 2.25 bits per heavy atom. The van der Waals surface area contributed by atoms with E-state index in [1.165, 1.54) is 6.07 Å². The van der Waals surface area contributed by atoms with Crippen molar-refractivity contribution in [2.24, 2.45) is 0 Å². The van der Waals surface area contributed by atoms with Crippen molar-refractivity contribution >= 4 is 21.7 Å². The molecule has 0 saturated heterocycles. The molecule has 1 aromatic heterocycles. The Kier molecular flexibility index (Phi) is 4.53. The summed E-state index contributed by atoms with van der Waals surface area (Å²) in [6.45, 7) is 0.284. The van der Waals surface area contributed by atoms with Gasteiger partial charge in [0.2, 0.25) is 0 Å². The van der Waals surface area contributed by atoms with Gasteiger partial charge in [0, 0.05) is 22.9 Å². The van der Waals surface area contributed by atoms with Crippen LogP contribution in [-0.4, -0.2) is 19.3 Å². The van der Waals surface area contributed by atoms with Crippen LogP contribution >= 0.6 is 0 Å². The van der Waals surface area contributed by atoms with Crippen molar-refractivity contribution in [3.8, 4) is 23.0 Å². The number of fused-ring (bicyclic) bond motifs is 3. The molecule has 0 spiro atoms. The minimum absolute atomic E-state index is 0.0451. The van der Waals surface area contributed by atoms with Gasteiger partial charge in [-0.05, 0) is 48.0 Å². The van der Waals surface area contributed by atoms with Gasteiger partial charge in [-0.15, -0.1) is 0 Å². The summed E-state index contributed by atoms with van der Waals surface area (Å²) in [5.74, 6) is 1.93. The zero-order valence-electron chi connectivity index (χ0n) is 15.4. The molecule has 0 radical (unpaired) electrons. The lowest BCUT2D eigenvalue weighted by Crippen LogP contribution is -2.01. The van der Waals surface area contributed by atoms with Gasteiger partial charge in [-0.2, -0.15) is 0 Å². The fourth-order valence-corrected chi connectivity index (χ4v) is 3.11. The number of aromatic hydroxyl groups is 1. The molecule has 0 unspecified atom stereocenters. The number of phenols is 1. The largest absolute Gasteiger partial charge is 0.508 e. The zero-order valence-corrected chi connectivity index (χ0v) is 15.4. The predicted molar refractivity (Wildman–Crippen MR) is 106 cm³/mol. The van der Waals surface area contributed by atoms with E-state index in [1.807, 2.05) is 18.2 Å². The van der Waals surface area contributed by atoms with Crippen LogP contribution in [0.15, 0.2) is 63.8 Å².